The standard InChI is InChI=1S/C26H33ClN2O4Si/c1-18-24(19-12-8-7-9-13-19)32-25(31)29(18)23(30)17-22(33-34(5,6)26(2,3)4)21(27)16-20-14-10-11-15-28-20/h7-16,18,22,24H,17H2,1-6H3/t18-,22-,24-/m0/s1. The molecule has 2 heterocycles. The maximum Gasteiger partial charge on any atom is 0.417 e. The number of benzene rings is 1. The molecule has 0 bridgehead atoms. The van der Waals surface area contributed by atoms with E-state index < -0.39 is 32.7 Å². The van der Waals surface area contributed by atoms with E-state index >= 15 is 0 Å². The van der Waals surface area contributed by atoms with E-state index in [0.29, 0.717) is 10.7 Å². The molecule has 2 amide bonds. The molecule has 0 spiro atoms. The lowest BCUT2D eigenvalue weighted by atomic mass is 10.0. The lowest BCUT2D eigenvalue weighted by Crippen LogP contribution is -2.46. The first kappa shape index (κ1) is 26.1. The molecule has 1 aliphatic rings. The van der Waals surface area contributed by atoms with Crippen LogP contribution < -0.4 is 0 Å². The van der Waals surface area contributed by atoms with Crippen molar-refractivity contribution in [2.45, 2.75) is 70.5 Å². The number of hydrogen-bond acceptors (Lipinski definition) is 5. The Labute approximate surface area is 208 Å². The molecule has 34 heavy (non-hydrogen) atoms. The second-order valence-corrected chi connectivity index (χ2v) is 15.3. The van der Waals surface area contributed by atoms with Gasteiger partial charge in [0.05, 0.1) is 24.3 Å². The van der Waals surface area contributed by atoms with Gasteiger partial charge in [-0.15, -0.1) is 0 Å². The number of pyridine rings is 1. The van der Waals surface area contributed by atoms with Crippen molar-refractivity contribution >= 4 is 38.0 Å². The zero-order chi connectivity index (χ0) is 25.1. The van der Waals surface area contributed by atoms with Gasteiger partial charge in [0.15, 0.2) is 8.32 Å². The third-order valence-corrected chi connectivity index (χ3v) is 11.4. The Balaban J connectivity index is 1.86. The van der Waals surface area contributed by atoms with Gasteiger partial charge >= 0.3 is 6.09 Å². The number of amides is 2. The lowest BCUT2D eigenvalue weighted by Gasteiger charge is -2.39. The molecule has 8 heteroatoms. The number of nitrogens with zero attached hydrogens (tertiary/aromatic N) is 2. The first-order valence-corrected chi connectivity index (χ1v) is 14.7. The van der Waals surface area contributed by atoms with E-state index in [1.54, 1.807) is 12.3 Å². The van der Waals surface area contributed by atoms with E-state index in [4.69, 9.17) is 20.8 Å². The summed E-state index contributed by atoms with van der Waals surface area (Å²) in [5, 5.41) is 0.283. The Hall–Kier alpha value is -2.48. The quantitative estimate of drug-likeness (QED) is 0.403. The molecule has 1 aromatic carbocycles. The number of imide groups is 1. The molecule has 182 valence electrons. The van der Waals surface area contributed by atoms with Crippen molar-refractivity contribution in [1.29, 1.82) is 0 Å². The number of hydrogen-bond donors (Lipinski definition) is 0. The van der Waals surface area contributed by atoms with Gasteiger partial charge in [-0.05, 0) is 48.8 Å². The van der Waals surface area contributed by atoms with Crippen molar-refractivity contribution in [3.63, 3.8) is 0 Å². The van der Waals surface area contributed by atoms with E-state index in [9.17, 15) is 9.59 Å². The fourth-order valence-electron chi connectivity index (χ4n) is 3.56. The van der Waals surface area contributed by atoms with E-state index in [-0.39, 0.29) is 17.4 Å². The summed E-state index contributed by atoms with van der Waals surface area (Å²) in [5.74, 6) is -0.382. The summed E-state index contributed by atoms with van der Waals surface area (Å²) < 4.78 is 12.1. The van der Waals surface area contributed by atoms with Crippen LogP contribution in [0.25, 0.3) is 6.08 Å². The zero-order valence-corrected chi connectivity index (χ0v) is 22.4. The van der Waals surface area contributed by atoms with Crippen LogP contribution in [-0.4, -0.2) is 42.3 Å². The molecular weight excluding hydrogens is 468 g/mol. The Bertz CT molecular complexity index is 1040. The van der Waals surface area contributed by atoms with Crippen LogP contribution in [-0.2, 0) is 14.0 Å². The van der Waals surface area contributed by atoms with Gasteiger partial charge in [-0.25, -0.2) is 9.69 Å². The molecule has 3 rings (SSSR count). The van der Waals surface area contributed by atoms with Crippen LogP contribution >= 0.6 is 11.6 Å². The summed E-state index contributed by atoms with van der Waals surface area (Å²) >= 11 is 6.72. The molecule has 2 aromatic rings. The maximum atomic E-state index is 13.4. The number of ether oxygens (including phenoxy) is 1. The average molecular weight is 501 g/mol. The van der Waals surface area contributed by atoms with Crippen molar-refractivity contribution in [3.8, 4) is 0 Å². The van der Waals surface area contributed by atoms with Gasteiger partial charge in [0.2, 0.25) is 5.91 Å². The highest BCUT2D eigenvalue weighted by molar-refractivity contribution is 6.74. The first-order valence-electron chi connectivity index (χ1n) is 11.4. The first-order chi connectivity index (χ1) is 15.9. The van der Waals surface area contributed by atoms with Gasteiger partial charge in [0.1, 0.15) is 6.10 Å². The van der Waals surface area contributed by atoms with Crippen LogP contribution in [0, 0.1) is 0 Å². The molecule has 6 nitrogen and oxygen atoms in total. The second kappa shape index (κ2) is 10.4. The molecule has 0 N–H and O–H groups in total. The number of carbonyl (C=O) groups is 2. The number of halogens is 1. The third-order valence-electron chi connectivity index (χ3n) is 6.55. The number of cyclic esters (lactones) is 1. The van der Waals surface area contributed by atoms with E-state index in [2.05, 4.69) is 38.8 Å². The fourth-order valence-corrected chi connectivity index (χ4v) is 5.15. The van der Waals surface area contributed by atoms with Gasteiger partial charge in [0.25, 0.3) is 0 Å². The highest BCUT2D eigenvalue weighted by Crippen LogP contribution is 2.40. The maximum absolute atomic E-state index is 13.4. The molecular formula is C26H33ClN2O4Si. The van der Waals surface area contributed by atoms with Crippen molar-refractivity contribution in [1.82, 2.24) is 9.88 Å². The van der Waals surface area contributed by atoms with Crippen molar-refractivity contribution < 1.29 is 18.8 Å². The highest BCUT2D eigenvalue weighted by Gasteiger charge is 2.45. The number of rotatable bonds is 7. The zero-order valence-electron chi connectivity index (χ0n) is 20.6. The number of aromatic nitrogens is 1. The lowest BCUT2D eigenvalue weighted by molar-refractivity contribution is -0.130. The minimum atomic E-state index is -2.29. The van der Waals surface area contributed by atoms with Crippen LogP contribution in [0.3, 0.4) is 0 Å². The summed E-state index contributed by atoms with van der Waals surface area (Å²) in [7, 11) is -2.29. The monoisotopic (exact) mass is 500 g/mol. The predicted octanol–water partition coefficient (Wildman–Crippen LogP) is 6.55. The molecule has 3 atom stereocenters. The molecule has 0 aliphatic carbocycles. The van der Waals surface area contributed by atoms with Gasteiger partial charge < -0.3 is 9.16 Å². The van der Waals surface area contributed by atoms with Crippen molar-refractivity contribution in [3.05, 3.63) is 71.0 Å². The predicted molar refractivity (Wildman–Crippen MR) is 137 cm³/mol. The summed E-state index contributed by atoms with van der Waals surface area (Å²) in [6, 6.07) is 14.5. The van der Waals surface area contributed by atoms with Crippen LogP contribution in [0.5, 0.6) is 0 Å². The van der Waals surface area contributed by atoms with Crippen LogP contribution in [0.2, 0.25) is 18.1 Å². The van der Waals surface area contributed by atoms with Crippen LogP contribution in [0.4, 0.5) is 4.79 Å². The van der Waals surface area contributed by atoms with E-state index in [0.717, 1.165) is 5.56 Å². The molecule has 1 aliphatic heterocycles. The second-order valence-electron chi connectivity index (χ2n) is 10.1. The molecule has 1 aromatic heterocycles. The Morgan fingerprint density at radius 1 is 1.21 bits per heavy atom. The molecule has 1 fully saturated rings. The van der Waals surface area contributed by atoms with Crippen LogP contribution in [0.15, 0.2) is 59.8 Å². The largest absolute Gasteiger partial charge is 0.439 e. The van der Waals surface area contributed by atoms with Gasteiger partial charge in [0, 0.05) is 11.2 Å². The third kappa shape index (κ3) is 5.95. The Kier molecular flexibility index (Phi) is 8.01. The summed E-state index contributed by atoms with van der Waals surface area (Å²) in [5.41, 5.74) is 1.52. The highest BCUT2D eigenvalue weighted by atomic mass is 35.5. The molecule has 0 radical (unpaired) electrons. The molecule has 0 unspecified atom stereocenters. The minimum Gasteiger partial charge on any atom is -0.439 e. The van der Waals surface area contributed by atoms with Crippen molar-refractivity contribution in [2.75, 3.05) is 0 Å². The molecule has 0 saturated carbocycles. The molecule has 1 saturated heterocycles. The summed E-state index contributed by atoms with van der Waals surface area (Å²) in [4.78, 5) is 31.6. The topological polar surface area (TPSA) is 68.7 Å². The summed E-state index contributed by atoms with van der Waals surface area (Å²) in [6.07, 6.45) is 1.45. The van der Waals surface area contributed by atoms with Gasteiger partial charge in [-0.1, -0.05) is 68.8 Å². The van der Waals surface area contributed by atoms with Crippen LogP contribution in [0.1, 0.15) is 51.5 Å². The van der Waals surface area contributed by atoms with E-state index in [1.807, 2.05) is 55.5 Å². The van der Waals surface area contributed by atoms with E-state index in [1.165, 1.54) is 4.90 Å². The Morgan fingerprint density at radius 2 is 1.85 bits per heavy atom. The van der Waals surface area contributed by atoms with Gasteiger partial charge in [-0.3, -0.25) is 9.78 Å². The fraction of sp³-hybridized carbons (Fsp3) is 0.423. The smallest absolute Gasteiger partial charge is 0.417 e. The SMILES string of the molecule is C[C@H]1[C@@H](c2ccccc2)OC(=O)N1C(=O)C[C@H](O[Si](C)(C)C(C)(C)C)C(Cl)=Cc1ccccn1. The normalized spacial score (nSPS) is 20.3. The van der Waals surface area contributed by atoms with Gasteiger partial charge in [-0.2, -0.15) is 0 Å². The average Bonchev–Trinajstić information content (AvgIpc) is 3.07. The minimum absolute atomic E-state index is 0.0738. The van der Waals surface area contributed by atoms with Crippen molar-refractivity contribution in [2.24, 2.45) is 0 Å². The number of carbonyl (C=O) groups excluding carboxylic acids is 2. The summed E-state index contributed by atoms with van der Waals surface area (Å²) in [6.45, 7) is 12.4. The Morgan fingerprint density at radius 3 is 2.44 bits per heavy atom.